The fourth-order valence-corrected chi connectivity index (χ4v) is 4.39. The van der Waals surface area contributed by atoms with Crippen molar-refractivity contribution in [2.45, 2.75) is 46.2 Å². The Morgan fingerprint density at radius 3 is 2.59 bits per heavy atom. The highest BCUT2D eigenvalue weighted by atomic mass is 32.1. The van der Waals surface area contributed by atoms with E-state index < -0.39 is 5.82 Å². The Hall–Kier alpha value is -3.41. The molecule has 0 aromatic carbocycles. The average molecular weight is 487 g/mol. The van der Waals surface area contributed by atoms with Gasteiger partial charge >= 0.3 is 6.03 Å². The summed E-state index contributed by atoms with van der Waals surface area (Å²) in [6.45, 7) is 10.4. The number of nitrogens with one attached hydrogen (secondary N) is 2. The van der Waals surface area contributed by atoms with Crippen molar-refractivity contribution in [3.8, 4) is 0 Å². The number of nitrogens with zero attached hydrogens (tertiary/aromatic N) is 6. The number of pyridine rings is 1. The number of thiazole rings is 1. The molecule has 0 aliphatic carbocycles. The van der Waals surface area contributed by atoms with E-state index in [1.165, 1.54) is 17.4 Å². The predicted octanol–water partition coefficient (Wildman–Crippen LogP) is 3.33. The Balaban J connectivity index is 1.58. The molecule has 4 heterocycles. The molecule has 1 fully saturated rings. The molecule has 3 amide bonds. The minimum atomic E-state index is -0.442. The normalized spacial score (nSPS) is 15.0. The van der Waals surface area contributed by atoms with Crippen LogP contribution in [0, 0.1) is 12.7 Å². The van der Waals surface area contributed by atoms with Crippen LogP contribution in [-0.2, 0) is 0 Å². The van der Waals surface area contributed by atoms with E-state index in [-0.39, 0.29) is 41.8 Å². The minimum Gasteiger partial charge on any atom is -0.348 e. The van der Waals surface area contributed by atoms with Crippen molar-refractivity contribution in [2.75, 3.05) is 25.1 Å². The van der Waals surface area contributed by atoms with Gasteiger partial charge in [0.15, 0.2) is 11.3 Å². The second-order valence-corrected chi connectivity index (χ2v) is 10.4. The number of hydrogen-bond donors (Lipinski definition) is 2. The molecule has 0 radical (unpaired) electrons. The van der Waals surface area contributed by atoms with Gasteiger partial charge in [0, 0.05) is 24.8 Å². The van der Waals surface area contributed by atoms with Crippen LogP contribution in [0.15, 0.2) is 18.5 Å². The van der Waals surface area contributed by atoms with E-state index in [1.54, 1.807) is 16.0 Å². The first-order valence-electron chi connectivity index (χ1n) is 10.9. The summed E-state index contributed by atoms with van der Waals surface area (Å²) < 4.78 is 14.2. The van der Waals surface area contributed by atoms with E-state index in [1.807, 2.05) is 34.6 Å². The molecule has 4 rings (SSSR count). The average Bonchev–Trinajstić information content (AvgIpc) is 3.38. The Morgan fingerprint density at radius 2 is 1.88 bits per heavy atom. The van der Waals surface area contributed by atoms with E-state index in [4.69, 9.17) is 0 Å². The highest BCUT2D eigenvalue weighted by molar-refractivity contribution is 7.18. The molecule has 0 bridgehead atoms. The lowest BCUT2D eigenvalue weighted by molar-refractivity contribution is 0.0769. The van der Waals surface area contributed by atoms with Gasteiger partial charge in [0.2, 0.25) is 5.95 Å². The van der Waals surface area contributed by atoms with Gasteiger partial charge in [0.25, 0.3) is 5.91 Å². The van der Waals surface area contributed by atoms with Crippen LogP contribution in [0.1, 0.15) is 54.8 Å². The number of halogens is 1. The van der Waals surface area contributed by atoms with Crippen molar-refractivity contribution < 1.29 is 14.0 Å². The number of fused-ring (bicyclic) bond motifs is 1. The zero-order valence-corrected chi connectivity index (χ0v) is 20.5. The van der Waals surface area contributed by atoms with E-state index >= 15 is 0 Å². The fourth-order valence-electron chi connectivity index (χ4n) is 3.55. The fraction of sp³-hybridized carbons (Fsp3) is 0.455. The van der Waals surface area contributed by atoms with Crippen LogP contribution in [0.4, 0.5) is 15.1 Å². The molecule has 180 valence electrons. The monoisotopic (exact) mass is 486 g/mol. The van der Waals surface area contributed by atoms with Crippen LogP contribution in [0.3, 0.4) is 0 Å². The number of anilines is 1. The zero-order valence-electron chi connectivity index (χ0n) is 19.7. The second kappa shape index (κ2) is 9.09. The standard InChI is InChI=1S/C22H27FN8O2S/c1-12(14-8-15(23)10-24-9-14)25-20-27-16(17-18(28-20)26-13(2)34-17)19(32)30-6-7-31(11-30)21(33)29-22(3,4)5/h8-10,12H,6-7,11H2,1-5H3,(H,29,33)(H,25,27,28). The summed E-state index contributed by atoms with van der Waals surface area (Å²) in [6.07, 6.45) is 2.69. The molecule has 34 heavy (non-hydrogen) atoms. The smallest absolute Gasteiger partial charge is 0.319 e. The number of rotatable bonds is 4. The first-order chi connectivity index (χ1) is 16.0. The van der Waals surface area contributed by atoms with Gasteiger partial charge in [-0.3, -0.25) is 9.78 Å². The Labute approximate surface area is 200 Å². The summed E-state index contributed by atoms with van der Waals surface area (Å²) >= 11 is 1.34. The predicted molar refractivity (Wildman–Crippen MR) is 127 cm³/mol. The quantitative estimate of drug-likeness (QED) is 0.581. The summed E-state index contributed by atoms with van der Waals surface area (Å²) in [5.74, 6) is -0.535. The molecule has 1 saturated heterocycles. The molecule has 1 atom stereocenters. The van der Waals surface area contributed by atoms with Crippen LogP contribution in [0.5, 0.6) is 0 Å². The Morgan fingerprint density at radius 1 is 1.15 bits per heavy atom. The van der Waals surface area contributed by atoms with Crippen molar-refractivity contribution in [1.82, 2.24) is 35.1 Å². The van der Waals surface area contributed by atoms with Crippen LogP contribution >= 0.6 is 11.3 Å². The maximum absolute atomic E-state index is 13.6. The van der Waals surface area contributed by atoms with Crippen LogP contribution in [0.25, 0.3) is 10.3 Å². The lowest BCUT2D eigenvalue weighted by Gasteiger charge is -2.25. The van der Waals surface area contributed by atoms with Crippen molar-refractivity contribution in [1.29, 1.82) is 0 Å². The number of urea groups is 1. The third-order valence-corrected chi connectivity index (χ3v) is 6.14. The van der Waals surface area contributed by atoms with E-state index in [9.17, 15) is 14.0 Å². The molecular weight excluding hydrogens is 459 g/mol. The number of carbonyl (C=O) groups excluding carboxylic acids is 2. The van der Waals surface area contributed by atoms with E-state index in [2.05, 4.69) is 30.6 Å². The van der Waals surface area contributed by atoms with Crippen LogP contribution in [0.2, 0.25) is 0 Å². The summed E-state index contributed by atoms with van der Waals surface area (Å²) in [5, 5.41) is 6.79. The molecular formula is C22H27FN8O2S. The number of aryl methyl sites for hydroxylation is 1. The number of hydrogen-bond acceptors (Lipinski definition) is 8. The maximum atomic E-state index is 13.6. The molecule has 2 N–H and O–H groups in total. The van der Waals surface area contributed by atoms with E-state index in [0.717, 1.165) is 11.2 Å². The van der Waals surface area contributed by atoms with Crippen molar-refractivity contribution in [3.63, 3.8) is 0 Å². The lowest BCUT2D eigenvalue weighted by Crippen LogP contribution is -2.48. The van der Waals surface area contributed by atoms with Gasteiger partial charge in [0.1, 0.15) is 10.5 Å². The third kappa shape index (κ3) is 5.22. The first-order valence-corrected chi connectivity index (χ1v) is 11.7. The van der Waals surface area contributed by atoms with Gasteiger partial charge in [-0.15, -0.1) is 11.3 Å². The van der Waals surface area contributed by atoms with Crippen molar-refractivity contribution in [2.24, 2.45) is 0 Å². The molecule has 1 unspecified atom stereocenters. The second-order valence-electron chi connectivity index (χ2n) is 9.24. The molecule has 1 aliphatic rings. The summed E-state index contributed by atoms with van der Waals surface area (Å²) in [7, 11) is 0. The topological polar surface area (TPSA) is 116 Å². The molecule has 1 aliphatic heterocycles. The number of aromatic nitrogens is 4. The summed E-state index contributed by atoms with van der Waals surface area (Å²) in [5.41, 5.74) is 0.878. The van der Waals surface area contributed by atoms with Gasteiger partial charge in [0.05, 0.1) is 23.9 Å². The highest BCUT2D eigenvalue weighted by Gasteiger charge is 2.32. The van der Waals surface area contributed by atoms with Gasteiger partial charge in [-0.1, -0.05) is 0 Å². The number of carbonyl (C=O) groups is 2. The van der Waals surface area contributed by atoms with Crippen LogP contribution in [-0.4, -0.2) is 67.0 Å². The number of amides is 3. The SMILES string of the molecule is Cc1nc2nc(NC(C)c3cncc(F)c3)nc(C(=O)N3CCN(C(=O)NC(C)(C)C)C3)c2s1. The molecule has 3 aromatic heterocycles. The maximum Gasteiger partial charge on any atom is 0.319 e. The highest BCUT2D eigenvalue weighted by Crippen LogP contribution is 2.27. The lowest BCUT2D eigenvalue weighted by atomic mass is 10.1. The summed E-state index contributed by atoms with van der Waals surface area (Å²) in [4.78, 5) is 46.4. The van der Waals surface area contributed by atoms with E-state index in [0.29, 0.717) is 29.0 Å². The minimum absolute atomic E-state index is 0.165. The molecule has 12 heteroatoms. The van der Waals surface area contributed by atoms with Crippen molar-refractivity contribution >= 4 is 39.6 Å². The molecule has 0 saturated carbocycles. The van der Waals surface area contributed by atoms with Crippen molar-refractivity contribution in [3.05, 3.63) is 40.5 Å². The van der Waals surface area contributed by atoms with Gasteiger partial charge in [-0.25, -0.2) is 19.2 Å². The zero-order chi connectivity index (χ0) is 24.6. The first kappa shape index (κ1) is 23.7. The molecule has 3 aromatic rings. The Kier molecular flexibility index (Phi) is 6.34. The largest absolute Gasteiger partial charge is 0.348 e. The summed E-state index contributed by atoms with van der Waals surface area (Å²) in [6, 6.07) is 0.805. The third-order valence-electron chi connectivity index (χ3n) is 5.17. The van der Waals surface area contributed by atoms with Gasteiger partial charge in [-0.2, -0.15) is 4.98 Å². The Bertz CT molecular complexity index is 1240. The molecule has 10 nitrogen and oxygen atoms in total. The van der Waals surface area contributed by atoms with Crippen LogP contribution < -0.4 is 10.6 Å². The van der Waals surface area contributed by atoms with Gasteiger partial charge in [-0.05, 0) is 46.2 Å². The molecule has 0 spiro atoms. The van der Waals surface area contributed by atoms with Gasteiger partial charge < -0.3 is 20.4 Å².